The molecular weight excluding hydrogens is 274 g/mol. The number of carbonyl (C=O) groups excluding carboxylic acids is 1. The Bertz CT molecular complexity index is 519. The molecule has 0 unspecified atom stereocenters. The smallest absolute Gasteiger partial charge is 0.323 e. The normalized spacial score (nSPS) is 37.0. The van der Waals surface area contributed by atoms with Gasteiger partial charge in [-0.15, -0.1) is 0 Å². The minimum Gasteiger partial charge on any atom is -0.458 e. The minimum absolute atomic E-state index is 0.180. The molecule has 2 N–H and O–H groups in total. The summed E-state index contributed by atoms with van der Waals surface area (Å²) in [7, 11) is 0. The molecule has 0 radical (unpaired) electrons. The van der Waals surface area contributed by atoms with Gasteiger partial charge in [-0.3, -0.25) is 4.79 Å². The first-order valence-corrected chi connectivity index (χ1v) is 8.64. The summed E-state index contributed by atoms with van der Waals surface area (Å²) in [4.78, 5) is 12.5. The van der Waals surface area contributed by atoms with Crippen LogP contribution in [0.4, 0.5) is 0 Å². The quantitative estimate of drug-likeness (QED) is 0.869. The van der Waals surface area contributed by atoms with Crippen molar-refractivity contribution in [1.82, 2.24) is 0 Å². The Morgan fingerprint density at radius 3 is 2.18 bits per heavy atom. The van der Waals surface area contributed by atoms with Gasteiger partial charge in [-0.05, 0) is 68.3 Å². The molecule has 4 bridgehead atoms. The van der Waals surface area contributed by atoms with Gasteiger partial charge in [0.2, 0.25) is 0 Å². The van der Waals surface area contributed by atoms with E-state index < -0.39 is 6.04 Å². The fourth-order valence-electron chi connectivity index (χ4n) is 5.40. The predicted octanol–water partition coefficient (Wildman–Crippen LogP) is 3.07. The van der Waals surface area contributed by atoms with E-state index in [0.717, 1.165) is 42.6 Å². The molecule has 4 fully saturated rings. The molecule has 4 saturated carbocycles. The van der Waals surface area contributed by atoms with Gasteiger partial charge < -0.3 is 10.5 Å². The van der Waals surface area contributed by atoms with E-state index in [9.17, 15) is 4.79 Å². The van der Waals surface area contributed by atoms with E-state index in [2.05, 4.69) is 0 Å². The lowest BCUT2D eigenvalue weighted by Gasteiger charge is -2.55. The molecule has 1 atom stereocenters. The van der Waals surface area contributed by atoms with Crippen molar-refractivity contribution in [3.63, 3.8) is 0 Å². The number of ether oxygens (including phenoxy) is 1. The Morgan fingerprint density at radius 2 is 1.64 bits per heavy atom. The van der Waals surface area contributed by atoms with Gasteiger partial charge in [0.1, 0.15) is 11.6 Å². The van der Waals surface area contributed by atoms with E-state index in [1.165, 1.54) is 19.3 Å². The first-order valence-electron chi connectivity index (χ1n) is 8.64. The molecule has 1 aromatic rings. The van der Waals surface area contributed by atoms with Gasteiger partial charge in [0, 0.05) is 0 Å². The molecule has 3 nitrogen and oxygen atoms in total. The molecule has 0 aliphatic heterocycles. The van der Waals surface area contributed by atoms with Crippen LogP contribution in [0.1, 0.15) is 44.1 Å². The molecule has 0 heterocycles. The van der Waals surface area contributed by atoms with E-state index >= 15 is 0 Å². The van der Waals surface area contributed by atoms with Gasteiger partial charge in [0.25, 0.3) is 0 Å². The van der Waals surface area contributed by atoms with Crippen LogP contribution in [0.3, 0.4) is 0 Å². The summed E-state index contributed by atoms with van der Waals surface area (Å²) in [5, 5.41) is 0. The standard InChI is InChI=1S/C19H25NO2/c20-17(9-13-4-2-1-3-5-13)18(21)22-19-10-14-6-15(11-19)8-16(7-14)12-19/h1-5,14-17H,6-12,20H2/t14?,15?,16?,17-,19?/m0/s1. The Hall–Kier alpha value is -1.35. The SMILES string of the molecule is N[C@@H](Cc1ccccc1)C(=O)OC12CC3CC(CC(C3)C1)C2. The Labute approximate surface area is 132 Å². The van der Waals surface area contributed by atoms with E-state index in [1.807, 2.05) is 30.3 Å². The number of carbonyl (C=O) groups is 1. The summed E-state index contributed by atoms with van der Waals surface area (Å²) in [5.74, 6) is 2.14. The lowest BCUT2D eigenvalue weighted by Crippen LogP contribution is -2.54. The second-order valence-corrected chi connectivity index (χ2v) is 7.82. The van der Waals surface area contributed by atoms with Gasteiger partial charge in [-0.1, -0.05) is 30.3 Å². The van der Waals surface area contributed by atoms with Crippen LogP contribution in [0, 0.1) is 17.8 Å². The zero-order valence-electron chi connectivity index (χ0n) is 13.0. The van der Waals surface area contributed by atoms with Crippen LogP contribution < -0.4 is 5.73 Å². The van der Waals surface area contributed by atoms with Crippen LogP contribution >= 0.6 is 0 Å². The first kappa shape index (κ1) is 14.3. The molecule has 3 heteroatoms. The minimum atomic E-state index is -0.546. The van der Waals surface area contributed by atoms with Crippen molar-refractivity contribution in [3.8, 4) is 0 Å². The topological polar surface area (TPSA) is 52.3 Å². The highest BCUT2D eigenvalue weighted by Crippen LogP contribution is 2.57. The number of esters is 1. The highest BCUT2D eigenvalue weighted by molar-refractivity contribution is 5.76. The summed E-state index contributed by atoms with van der Waals surface area (Å²) in [6, 6.07) is 9.41. The Morgan fingerprint density at radius 1 is 1.09 bits per heavy atom. The molecule has 0 spiro atoms. The van der Waals surface area contributed by atoms with Crippen molar-refractivity contribution in [2.75, 3.05) is 0 Å². The molecule has 0 amide bonds. The fourth-order valence-corrected chi connectivity index (χ4v) is 5.40. The highest BCUT2D eigenvalue weighted by atomic mass is 16.6. The Kier molecular flexibility index (Phi) is 3.48. The number of nitrogens with two attached hydrogens (primary N) is 1. The van der Waals surface area contributed by atoms with Gasteiger partial charge >= 0.3 is 5.97 Å². The molecule has 5 rings (SSSR count). The maximum absolute atomic E-state index is 12.5. The summed E-state index contributed by atoms with van der Waals surface area (Å²) in [6.07, 6.45) is 7.84. The van der Waals surface area contributed by atoms with Gasteiger partial charge in [-0.2, -0.15) is 0 Å². The average Bonchev–Trinajstić information content (AvgIpc) is 2.46. The monoisotopic (exact) mass is 299 g/mol. The third-order valence-corrected chi connectivity index (χ3v) is 5.90. The summed E-state index contributed by atoms with van der Waals surface area (Å²) in [5.41, 5.74) is 7.02. The second kappa shape index (κ2) is 5.38. The second-order valence-electron chi connectivity index (χ2n) is 7.82. The Balaban J connectivity index is 1.41. The maximum atomic E-state index is 12.5. The summed E-state index contributed by atoms with van der Waals surface area (Å²) < 4.78 is 6.02. The molecular formula is C19H25NO2. The van der Waals surface area contributed by atoms with Crippen molar-refractivity contribution >= 4 is 5.97 Å². The lowest BCUT2D eigenvalue weighted by atomic mass is 9.54. The molecule has 4 aliphatic carbocycles. The van der Waals surface area contributed by atoms with Gasteiger partial charge in [0.15, 0.2) is 0 Å². The van der Waals surface area contributed by atoms with Crippen LogP contribution in [-0.4, -0.2) is 17.6 Å². The van der Waals surface area contributed by atoms with Crippen LogP contribution in [-0.2, 0) is 16.0 Å². The van der Waals surface area contributed by atoms with E-state index in [0.29, 0.717) is 6.42 Å². The zero-order valence-corrected chi connectivity index (χ0v) is 13.0. The molecule has 118 valence electrons. The third kappa shape index (κ3) is 2.67. The van der Waals surface area contributed by atoms with Crippen LogP contribution in [0.25, 0.3) is 0 Å². The number of benzene rings is 1. The summed E-state index contributed by atoms with van der Waals surface area (Å²) in [6.45, 7) is 0. The number of hydrogen-bond donors (Lipinski definition) is 1. The molecule has 22 heavy (non-hydrogen) atoms. The fraction of sp³-hybridized carbons (Fsp3) is 0.632. The van der Waals surface area contributed by atoms with Crippen molar-refractivity contribution in [1.29, 1.82) is 0 Å². The number of rotatable bonds is 4. The van der Waals surface area contributed by atoms with Crippen molar-refractivity contribution in [2.24, 2.45) is 23.5 Å². The van der Waals surface area contributed by atoms with Crippen molar-refractivity contribution in [2.45, 2.75) is 56.6 Å². The maximum Gasteiger partial charge on any atom is 0.323 e. The largest absolute Gasteiger partial charge is 0.458 e. The molecule has 4 aliphatic rings. The van der Waals surface area contributed by atoms with E-state index in [4.69, 9.17) is 10.5 Å². The van der Waals surface area contributed by atoms with Crippen LogP contribution in [0.15, 0.2) is 30.3 Å². The van der Waals surface area contributed by atoms with Gasteiger partial charge in [-0.25, -0.2) is 0 Å². The van der Waals surface area contributed by atoms with Crippen LogP contribution in [0.2, 0.25) is 0 Å². The third-order valence-electron chi connectivity index (χ3n) is 5.90. The number of hydrogen-bond acceptors (Lipinski definition) is 3. The van der Waals surface area contributed by atoms with E-state index in [-0.39, 0.29) is 11.6 Å². The van der Waals surface area contributed by atoms with Gasteiger partial charge in [0.05, 0.1) is 0 Å². The molecule has 0 saturated heterocycles. The zero-order chi connectivity index (χ0) is 15.2. The predicted molar refractivity (Wildman–Crippen MR) is 85.1 cm³/mol. The highest BCUT2D eigenvalue weighted by Gasteiger charge is 2.53. The van der Waals surface area contributed by atoms with Crippen molar-refractivity contribution in [3.05, 3.63) is 35.9 Å². The van der Waals surface area contributed by atoms with Crippen molar-refractivity contribution < 1.29 is 9.53 Å². The van der Waals surface area contributed by atoms with Crippen LogP contribution in [0.5, 0.6) is 0 Å². The summed E-state index contributed by atoms with van der Waals surface area (Å²) >= 11 is 0. The lowest BCUT2D eigenvalue weighted by molar-refractivity contribution is -0.188. The molecule has 0 aromatic heterocycles. The average molecular weight is 299 g/mol. The van der Waals surface area contributed by atoms with E-state index in [1.54, 1.807) is 0 Å². The first-order chi connectivity index (χ1) is 10.6. The molecule has 1 aromatic carbocycles.